The molecule has 2 fully saturated rings. The molecule has 1 aliphatic heterocycles. The molecule has 25 heavy (non-hydrogen) atoms. The highest BCUT2D eigenvalue weighted by atomic mass is 19.1. The van der Waals surface area contributed by atoms with Crippen LogP contribution in [0, 0.1) is 11.6 Å². The number of rotatable bonds is 3. The third-order valence-corrected chi connectivity index (χ3v) is 4.90. The van der Waals surface area contributed by atoms with Crippen molar-refractivity contribution in [3.63, 3.8) is 0 Å². The Morgan fingerprint density at radius 3 is 2.56 bits per heavy atom. The first-order valence-electron chi connectivity index (χ1n) is 8.19. The Hall–Kier alpha value is -2.48. The van der Waals surface area contributed by atoms with Gasteiger partial charge >= 0.3 is 5.97 Å². The summed E-state index contributed by atoms with van der Waals surface area (Å²) < 4.78 is 31.3. The number of fused-ring (bicyclic) bond motifs is 1. The fourth-order valence-electron chi connectivity index (χ4n) is 3.50. The largest absolute Gasteiger partial charge is 0.477 e. The molecule has 2 heterocycles. The Morgan fingerprint density at radius 1 is 1.28 bits per heavy atom. The van der Waals surface area contributed by atoms with Crippen LogP contribution < -0.4 is 16.1 Å². The second-order valence-corrected chi connectivity index (χ2v) is 6.73. The average molecular weight is 349 g/mol. The van der Waals surface area contributed by atoms with E-state index in [0.717, 1.165) is 18.9 Å². The molecule has 6 nitrogen and oxygen atoms in total. The van der Waals surface area contributed by atoms with E-state index in [9.17, 15) is 19.1 Å². The molecule has 1 saturated heterocycles. The lowest BCUT2D eigenvalue weighted by Gasteiger charge is -2.22. The number of pyridine rings is 1. The van der Waals surface area contributed by atoms with Gasteiger partial charge in [0.1, 0.15) is 17.1 Å². The molecule has 0 unspecified atom stereocenters. The molecule has 2 aromatic rings. The summed E-state index contributed by atoms with van der Waals surface area (Å²) in [5.74, 6) is -3.11. The van der Waals surface area contributed by atoms with Crippen LogP contribution >= 0.6 is 0 Å². The molecule has 0 radical (unpaired) electrons. The summed E-state index contributed by atoms with van der Waals surface area (Å²) in [6.45, 7) is 0.765. The fraction of sp³-hybridized carbons (Fsp3) is 0.412. The zero-order chi connectivity index (χ0) is 17.9. The third-order valence-electron chi connectivity index (χ3n) is 4.90. The predicted octanol–water partition coefficient (Wildman–Crippen LogP) is 1.85. The van der Waals surface area contributed by atoms with Crippen molar-refractivity contribution in [1.29, 1.82) is 0 Å². The molecule has 0 spiro atoms. The van der Waals surface area contributed by atoms with E-state index in [2.05, 4.69) is 0 Å². The van der Waals surface area contributed by atoms with Gasteiger partial charge in [-0.3, -0.25) is 4.79 Å². The topological polar surface area (TPSA) is 88.6 Å². The number of carboxylic acid groups (broad SMARTS) is 1. The molecule has 1 saturated carbocycles. The number of carbonyl (C=O) groups is 1. The minimum Gasteiger partial charge on any atom is -0.477 e. The van der Waals surface area contributed by atoms with Crippen LogP contribution in [0.1, 0.15) is 35.7 Å². The lowest BCUT2D eigenvalue weighted by Crippen LogP contribution is -2.28. The molecular formula is C17H17F2N3O3. The van der Waals surface area contributed by atoms with Gasteiger partial charge in [-0.1, -0.05) is 0 Å². The van der Waals surface area contributed by atoms with E-state index in [1.807, 2.05) is 0 Å². The number of hydrogen-bond donors (Lipinski definition) is 2. The second-order valence-electron chi connectivity index (χ2n) is 6.73. The summed E-state index contributed by atoms with van der Waals surface area (Å²) in [7, 11) is 0. The maximum Gasteiger partial charge on any atom is 0.341 e. The van der Waals surface area contributed by atoms with Crippen molar-refractivity contribution in [3.05, 3.63) is 39.7 Å². The summed E-state index contributed by atoms with van der Waals surface area (Å²) in [6.07, 6.45) is 3.32. The Balaban J connectivity index is 2.03. The van der Waals surface area contributed by atoms with Crippen LogP contribution in [0.5, 0.6) is 0 Å². The van der Waals surface area contributed by atoms with Gasteiger partial charge in [-0.2, -0.15) is 0 Å². The first-order valence-corrected chi connectivity index (χ1v) is 8.19. The normalized spacial score (nSPS) is 20.4. The molecule has 1 aliphatic carbocycles. The quantitative estimate of drug-likeness (QED) is 0.883. The minimum atomic E-state index is -1.41. The van der Waals surface area contributed by atoms with Crippen molar-refractivity contribution in [1.82, 2.24) is 4.57 Å². The zero-order valence-electron chi connectivity index (χ0n) is 13.3. The maximum atomic E-state index is 15.2. The van der Waals surface area contributed by atoms with Gasteiger partial charge < -0.3 is 20.3 Å². The summed E-state index contributed by atoms with van der Waals surface area (Å²) >= 11 is 0. The number of hydrogen-bond acceptors (Lipinski definition) is 4. The van der Waals surface area contributed by atoms with Crippen LogP contribution in [0.15, 0.2) is 17.1 Å². The summed E-state index contributed by atoms with van der Waals surface area (Å²) in [6, 6.07) is 0.718. The number of carboxylic acids is 1. The number of aromatic carboxylic acids is 1. The highest BCUT2D eigenvalue weighted by Crippen LogP contribution is 2.40. The van der Waals surface area contributed by atoms with Crippen molar-refractivity contribution in [2.45, 2.75) is 31.3 Å². The van der Waals surface area contributed by atoms with Crippen LogP contribution in [0.4, 0.5) is 14.5 Å². The van der Waals surface area contributed by atoms with Gasteiger partial charge in [-0.05, 0) is 25.3 Å². The van der Waals surface area contributed by atoms with Crippen LogP contribution in [0.25, 0.3) is 10.9 Å². The van der Waals surface area contributed by atoms with E-state index in [0.29, 0.717) is 19.5 Å². The molecule has 8 heteroatoms. The van der Waals surface area contributed by atoms with Crippen LogP contribution in [0.2, 0.25) is 0 Å². The molecule has 4 rings (SSSR count). The van der Waals surface area contributed by atoms with Gasteiger partial charge in [0, 0.05) is 31.4 Å². The Morgan fingerprint density at radius 2 is 2.00 bits per heavy atom. The lowest BCUT2D eigenvalue weighted by atomic mass is 10.1. The predicted molar refractivity (Wildman–Crippen MR) is 88.2 cm³/mol. The van der Waals surface area contributed by atoms with Crippen LogP contribution in [-0.4, -0.2) is 34.8 Å². The number of aromatic nitrogens is 1. The highest BCUT2D eigenvalue weighted by molar-refractivity contribution is 5.94. The van der Waals surface area contributed by atoms with E-state index in [1.165, 1.54) is 10.8 Å². The molecule has 1 aromatic carbocycles. The van der Waals surface area contributed by atoms with Crippen molar-refractivity contribution < 1.29 is 18.7 Å². The molecule has 132 valence electrons. The number of anilines is 1. The van der Waals surface area contributed by atoms with E-state index < -0.39 is 28.6 Å². The van der Waals surface area contributed by atoms with Crippen LogP contribution in [-0.2, 0) is 0 Å². The standard InChI is InChI=1S/C17H17F2N3O3/c18-12-5-10-14(13(19)15(12)21-4-3-8(20)6-21)22(9-1-2-9)7-11(16(10)23)17(24)25/h5,7-9H,1-4,6,20H2,(H,24,25)/t8-/m1/s1. The van der Waals surface area contributed by atoms with Crippen molar-refractivity contribution >= 4 is 22.6 Å². The molecule has 2 aliphatic rings. The Labute approximate surface area is 141 Å². The average Bonchev–Trinajstić information content (AvgIpc) is 3.30. The van der Waals surface area contributed by atoms with E-state index in [-0.39, 0.29) is 28.7 Å². The van der Waals surface area contributed by atoms with Gasteiger partial charge in [0.15, 0.2) is 5.82 Å². The lowest BCUT2D eigenvalue weighted by molar-refractivity contribution is 0.0695. The van der Waals surface area contributed by atoms with Crippen molar-refractivity contribution in [2.75, 3.05) is 18.0 Å². The maximum absolute atomic E-state index is 15.2. The van der Waals surface area contributed by atoms with Gasteiger partial charge in [0.05, 0.1) is 10.9 Å². The molecule has 0 amide bonds. The Bertz CT molecular complexity index is 953. The van der Waals surface area contributed by atoms with E-state index in [1.54, 1.807) is 4.90 Å². The first kappa shape index (κ1) is 16.0. The number of benzene rings is 1. The smallest absolute Gasteiger partial charge is 0.341 e. The zero-order valence-corrected chi connectivity index (χ0v) is 13.3. The SMILES string of the molecule is N[C@@H]1CCN(c2c(F)cc3c(=O)c(C(=O)O)cn(C4CC4)c3c2F)C1. The monoisotopic (exact) mass is 349 g/mol. The number of nitrogens with two attached hydrogens (primary N) is 1. The number of nitrogens with zero attached hydrogens (tertiary/aromatic N) is 2. The molecule has 0 bridgehead atoms. The number of halogens is 2. The summed E-state index contributed by atoms with van der Waals surface area (Å²) in [4.78, 5) is 25.3. The Kier molecular flexibility index (Phi) is 3.54. The van der Waals surface area contributed by atoms with Crippen molar-refractivity contribution in [2.24, 2.45) is 5.73 Å². The second kappa shape index (κ2) is 5.52. The molecule has 1 atom stereocenters. The molecule has 3 N–H and O–H groups in total. The van der Waals surface area contributed by atoms with Gasteiger partial charge in [0.25, 0.3) is 0 Å². The molecular weight excluding hydrogens is 332 g/mol. The van der Waals surface area contributed by atoms with Crippen molar-refractivity contribution in [3.8, 4) is 0 Å². The van der Waals surface area contributed by atoms with Gasteiger partial charge in [-0.25, -0.2) is 13.6 Å². The first-order chi connectivity index (χ1) is 11.9. The van der Waals surface area contributed by atoms with Gasteiger partial charge in [-0.15, -0.1) is 0 Å². The minimum absolute atomic E-state index is 0.0330. The van der Waals surface area contributed by atoms with Crippen LogP contribution in [0.3, 0.4) is 0 Å². The van der Waals surface area contributed by atoms with E-state index in [4.69, 9.17) is 5.73 Å². The fourth-order valence-corrected chi connectivity index (χ4v) is 3.50. The van der Waals surface area contributed by atoms with Gasteiger partial charge in [0.2, 0.25) is 5.43 Å². The highest BCUT2D eigenvalue weighted by Gasteiger charge is 2.32. The summed E-state index contributed by atoms with van der Waals surface area (Å²) in [5.41, 5.74) is 4.25. The third kappa shape index (κ3) is 2.48. The van der Waals surface area contributed by atoms with E-state index >= 15 is 4.39 Å². The molecule has 1 aromatic heterocycles. The summed E-state index contributed by atoms with van der Waals surface area (Å²) in [5, 5.41) is 8.98.